The van der Waals surface area contributed by atoms with E-state index in [-0.39, 0.29) is 19.4 Å². The first kappa shape index (κ1) is 59.7. The van der Waals surface area contributed by atoms with Gasteiger partial charge in [-0.25, -0.2) is 4.57 Å². The number of ether oxygens (including phenoxy) is 2. The van der Waals surface area contributed by atoms with E-state index in [0.717, 1.165) is 32.1 Å². The summed E-state index contributed by atoms with van der Waals surface area (Å²) in [5.74, 6) is -0.910. The molecule has 0 radical (unpaired) electrons. The number of esters is 2. The molecule has 0 fully saturated rings. The Hall–Kier alpha value is -1.29. The number of aliphatic hydroxyl groups is 2. The number of carbonyl (C=O) groups is 2. The summed E-state index contributed by atoms with van der Waals surface area (Å²) in [5.41, 5.74) is 0. The molecular weight excluding hydrogens is 792 g/mol. The van der Waals surface area contributed by atoms with E-state index in [9.17, 15) is 24.2 Å². The molecule has 0 aliphatic rings. The summed E-state index contributed by atoms with van der Waals surface area (Å²) in [5, 5.41) is 18.4. The van der Waals surface area contributed by atoms with Gasteiger partial charge in [0.2, 0.25) is 0 Å². The third kappa shape index (κ3) is 46.5. The van der Waals surface area contributed by atoms with E-state index in [2.05, 4.69) is 26.0 Å². The fourth-order valence-corrected chi connectivity index (χ4v) is 8.25. The van der Waals surface area contributed by atoms with Crippen LogP contribution in [0.15, 0.2) is 12.2 Å². The number of unbranched alkanes of at least 4 members (excludes halogenated alkanes) is 33. The maximum absolute atomic E-state index is 12.7. The van der Waals surface area contributed by atoms with E-state index < -0.39 is 51.8 Å². The highest BCUT2D eigenvalue weighted by molar-refractivity contribution is 7.47. The maximum Gasteiger partial charge on any atom is 0.472 e. The van der Waals surface area contributed by atoms with E-state index in [1.807, 2.05) is 0 Å². The smallest absolute Gasteiger partial charge is 0.462 e. The van der Waals surface area contributed by atoms with Gasteiger partial charge in [0, 0.05) is 12.8 Å². The molecule has 3 N–H and O–H groups in total. The monoisotopic (exact) mass is 889 g/mol. The molecule has 0 aliphatic carbocycles. The first-order chi connectivity index (χ1) is 29.7. The molecule has 0 bridgehead atoms. The van der Waals surface area contributed by atoms with E-state index in [4.69, 9.17) is 23.6 Å². The van der Waals surface area contributed by atoms with Crippen molar-refractivity contribution in [3.63, 3.8) is 0 Å². The van der Waals surface area contributed by atoms with Crippen molar-refractivity contribution in [3.8, 4) is 0 Å². The lowest BCUT2D eigenvalue weighted by atomic mass is 10.0. The van der Waals surface area contributed by atoms with Crippen LogP contribution in [-0.4, -0.2) is 65.7 Å². The summed E-state index contributed by atoms with van der Waals surface area (Å²) in [4.78, 5) is 35.2. The van der Waals surface area contributed by atoms with Crippen LogP contribution < -0.4 is 0 Å². The van der Waals surface area contributed by atoms with Crippen molar-refractivity contribution in [1.82, 2.24) is 0 Å². The van der Waals surface area contributed by atoms with Gasteiger partial charge in [-0.3, -0.25) is 18.6 Å². The fraction of sp³-hybridized carbons (Fsp3) is 0.920. The van der Waals surface area contributed by atoms with Crippen molar-refractivity contribution in [1.29, 1.82) is 0 Å². The van der Waals surface area contributed by atoms with Crippen LogP contribution in [0.1, 0.15) is 258 Å². The molecule has 0 spiro atoms. The predicted octanol–water partition coefficient (Wildman–Crippen LogP) is 14.3. The topological polar surface area (TPSA) is 149 Å². The molecule has 0 aromatic rings. The van der Waals surface area contributed by atoms with E-state index in [1.165, 1.54) is 186 Å². The molecule has 362 valence electrons. The molecule has 0 aromatic carbocycles. The lowest BCUT2D eigenvalue weighted by Gasteiger charge is -2.20. The van der Waals surface area contributed by atoms with E-state index in [1.54, 1.807) is 0 Å². The SMILES string of the molecule is CCCCCC/C=C/CCCCCCCCCCCC(=O)O[C@H](COC(=O)CCCCCCCCCCCCCCCCCCCCCCC)COP(=O)(O)OC[C@@H](O)CO. The van der Waals surface area contributed by atoms with Crippen LogP contribution in [0.4, 0.5) is 0 Å². The zero-order valence-electron chi connectivity index (χ0n) is 39.7. The number of phosphoric ester groups is 1. The predicted molar refractivity (Wildman–Crippen MR) is 252 cm³/mol. The fourth-order valence-electron chi connectivity index (χ4n) is 7.46. The Labute approximate surface area is 375 Å². The Morgan fingerprint density at radius 3 is 1.20 bits per heavy atom. The average Bonchev–Trinajstić information content (AvgIpc) is 3.25. The van der Waals surface area contributed by atoms with Gasteiger partial charge in [-0.1, -0.05) is 219 Å². The quantitative estimate of drug-likeness (QED) is 0.0233. The van der Waals surface area contributed by atoms with Crippen molar-refractivity contribution in [3.05, 3.63) is 12.2 Å². The number of carbonyl (C=O) groups excluding carboxylic acids is 2. The summed E-state index contributed by atoms with van der Waals surface area (Å²) < 4.78 is 32.9. The van der Waals surface area contributed by atoms with Crippen molar-refractivity contribution in [2.75, 3.05) is 26.4 Å². The zero-order chi connectivity index (χ0) is 44.8. The van der Waals surface area contributed by atoms with Crippen LogP contribution in [0, 0.1) is 0 Å². The highest BCUT2D eigenvalue weighted by Crippen LogP contribution is 2.43. The van der Waals surface area contributed by atoms with Crippen molar-refractivity contribution in [2.45, 2.75) is 270 Å². The van der Waals surface area contributed by atoms with Gasteiger partial charge in [-0.2, -0.15) is 0 Å². The van der Waals surface area contributed by atoms with Crippen LogP contribution in [0.2, 0.25) is 0 Å². The molecule has 0 heterocycles. The largest absolute Gasteiger partial charge is 0.472 e. The first-order valence-electron chi connectivity index (χ1n) is 25.6. The molecule has 0 rings (SSSR count). The molecular formula is C50H97O10P. The van der Waals surface area contributed by atoms with Gasteiger partial charge in [0.1, 0.15) is 12.7 Å². The second-order valence-electron chi connectivity index (χ2n) is 17.6. The van der Waals surface area contributed by atoms with Gasteiger partial charge in [-0.15, -0.1) is 0 Å². The van der Waals surface area contributed by atoms with Crippen molar-refractivity contribution >= 4 is 19.8 Å². The Balaban J connectivity index is 4.13. The van der Waals surface area contributed by atoms with Gasteiger partial charge in [-0.05, 0) is 38.5 Å². The molecule has 0 saturated heterocycles. The van der Waals surface area contributed by atoms with Gasteiger partial charge >= 0.3 is 19.8 Å². The van der Waals surface area contributed by atoms with Crippen LogP contribution in [0.25, 0.3) is 0 Å². The number of aliphatic hydroxyl groups excluding tert-OH is 2. The molecule has 0 aromatic heterocycles. The zero-order valence-corrected chi connectivity index (χ0v) is 40.5. The summed E-state index contributed by atoms with van der Waals surface area (Å²) in [6, 6.07) is 0. The number of hydrogen-bond acceptors (Lipinski definition) is 9. The lowest BCUT2D eigenvalue weighted by Crippen LogP contribution is -2.29. The highest BCUT2D eigenvalue weighted by Gasteiger charge is 2.27. The number of hydrogen-bond donors (Lipinski definition) is 3. The Morgan fingerprint density at radius 1 is 0.475 bits per heavy atom. The summed E-state index contributed by atoms with van der Waals surface area (Å²) >= 11 is 0. The van der Waals surface area contributed by atoms with Crippen LogP contribution in [-0.2, 0) is 32.7 Å². The molecule has 3 atom stereocenters. The number of phosphoric acid groups is 1. The van der Waals surface area contributed by atoms with Gasteiger partial charge in [0.05, 0.1) is 19.8 Å². The third-order valence-corrected chi connectivity index (χ3v) is 12.4. The Bertz CT molecular complexity index is 1020. The minimum absolute atomic E-state index is 0.186. The van der Waals surface area contributed by atoms with E-state index >= 15 is 0 Å². The average molecular weight is 889 g/mol. The van der Waals surface area contributed by atoms with E-state index in [0.29, 0.717) is 12.8 Å². The van der Waals surface area contributed by atoms with Crippen LogP contribution in [0.5, 0.6) is 0 Å². The number of rotatable bonds is 49. The Morgan fingerprint density at radius 2 is 0.803 bits per heavy atom. The third-order valence-electron chi connectivity index (χ3n) is 11.4. The van der Waals surface area contributed by atoms with Crippen LogP contribution in [0.3, 0.4) is 0 Å². The maximum atomic E-state index is 12.7. The van der Waals surface area contributed by atoms with Crippen molar-refractivity contribution < 1.29 is 47.8 Å². The molecule has 61 heavy (non-hydrogen) atoms. The minimum Gasteiger partial charge on any atom is -0.462 e. The molecule has 1 unspecified atom stereocenters. The normalized spacial score (nSPS) is 13.7. The van der Waals surface area contributed by atoms with Gasteiger partial charge in [0.25, 0.3) is 0 Å². The lowest BCUT2D eigenvalue weighted by molar-refractivity contribution is -0.161. The second-order valence-corrected chi connectivity index (χ2v) is 19.0. The van der Waals surface area contributed by atoms with Crippen LogP contribution >= 0.6 is 7.82 Å². The van der Waals surface area contributed by atoms with Crippen molar-refractivity contribution in [2.24, 2.45) is 0 Å². The first-order valence-corrected chi connectivity index (χ1v) is 27.1. The standard InChI is InChI=1S/C50H97O10P/c1-3-5-7-9-11-13-15-17-19-21-22-23-24-26-27-29-31-33-35-37-39-41-49(53)57-45-48(46-59-61(55,56)58-44-47(52)43-51)60-50(54)42-40-38-36-34-32-30-28-25-20-18-16-14-12-10-8-6-4-2/h14,16,47-48,51-52H,3-13,15,17-46H2,1-2H3,(H,55,56)/b16-14+/t47-,48+/m0/s1. The minimum atomic E-state index is -4.62. The molecule has 11 heteroatoms. The summed E-state index contributed by atoms with van der Waals surface area (Å²) in [7, 11) is -4.62. The molecule has 0 saturated carbocycles. The van der Waals surface area contributed by atoms with Gasteiger partial charge in [0.15, 0.2) is 6.10 Å². The summed E-state index contributed by atoms with van der Waals surface area (Å²) in [6.07, 6.45) is 47.5. The highest BCUT2D eigenvalue weighted by atomic mass is 31.2. The molecule has 0 amide bonds. The Kier molecular flexibility index (Phi) is 45.7. The number of allylic oxidation sites excluding steroid dienone is 2. The molecule has 10 nitrogen and oxygen atoms in total. The second kappa shape index (κ2) is 46.7. The summed E-state index contributed by atoms with van der Waals surface area (Å²) in [6.45, 7) is 2.43. The van der Waals surface area contributed by atoms with Gasteiger partial charge < -0.3 is 24.6 Å². The molecule has 0 aliphatic heterocycles.